The van der Waals surface area contributed by atoms with Gasteiger partial charge < -0.3 is 14.6 Å². The van der Waals surface area contributed by atoms with Gasteiger partial charge in [0.25, 0.3) is 0 Å². The van der Waals surface area contributed by atoms with E-state index in [1.807, 2.05) is 36.4 Å². The summed E-state index contributed by atoms with van der Waals surface area (Å²) >= 11 is 0. The van der Waals surface area contributed by atoms with Gasteiger partial charge >= 0.3 is 11.7 Å². The van der Waals surface area contributed by atoms with Gasteiger partial charge in [-0.05, 0) is 78.6 Å². The van der Waals surface area contributed by atoms with Crippen LogP contribution >= 0.6 is 0 Å². The van der Waals surface area contributed by atoms with Gasteiger partial charge in [-0.1, -0.05) is 69.3 Å². The summed E-state index contributed by atoms with van der Waals surface area (Å²) in [6.45, 7) is 10.4. The first-order chi connectivity index (χ1) is 19.9. The van der Waals surface area contributed by atoms with Gasteiger partial charge in [-0.2, -0.15) is 5.10 Å². The SMILES string of the molecule is COc1ccc(Cn2c(CCCc3ccc(OC(C)(C)C(=O)O)cc3)nn(Cc3ccc(C(C)(C)C)cc3)c2=O)cc1. The summed E-state index contributed by atoms with van der Waals surface area (Å²) < 4.78 is 14.2. The molecule has 0 saturated heterocycles. The molecule has 8 nitrogen and oxygen atoms in total. The largest absolute Gasteiger partial charge is 0.497 e. The molecule has 42 heavy (non-hydrogen) atoms. The minimum Gasteiger partial charge on any atom is -0.497 e. The molecule has 0 amide bonds. The molecule has 1 heterocycles. The molecule has 0 bridgehead atoms. The van der Waals surface area contributed by atoms with Crippen LogP contribution in [0.25, 0.3) is 0 Å². The highest BCUT2D eigenvalue weighted by Crippen LogP contribution is 2.23. The highest BCUT2D eigenvalue weighted by Gasteiger charge is 2.29. The van der Waals surface area contributed by atoms with Crippen molar-refractivity contribution in [2.75, 3.05) is 7.11 Å². The Morgan fingerprint density at radius 1 is 0.786 bits per heavy atom. The minimum absolute atomic E-state index is 0.0604. The van der Waals surface area contributed by atoms with Gasteiger partial charge in [0.15, 0.2) is 5.60 Å². The highest BCUT2D eigenvalue weighted by molar-refractivity contribution is 5.76. The third-order valence-electron chi connectivity index (χ3n) is 7.33. The Labute approximate surface area is 247 Å². The number of hydrogen-bond donors (Lipinski definition) is 1. The molecule has 4 rings (SSSR count). The first-order valence-corrected chi connectivity index (χ1v) is 14.3. The van der Waals surface area contributed by atoms with E-state index in [-0.39, 0.29) is 11.1 Å². The van der Waals surface area contributed by atoms with Crippen LogP contribution in [0.1, 0.15) is 69.1 Å². The summed E-state index contributed by atoms with van der Waals surface area (Å²) in [6, 6.07) is 23.6. The smallest absolute Gasteiger partial charge is 0.347 e. The number of benzene rings is 3. The Morgan fingerprint density at radius 3 is 1.90 bits per heavy atom. The number of carboxylic acid groups (broad SMARTS) is 1. The summed E-state index contributed by atoms with van der Waals surface area (Å²) in [4.78, 5) is 24.9. The van der Waals surface area contributed by atoms with Crippen molar-refractivity contribution in [3.05, 3.63) is 111 Å². The summed E-state index contributed by atoms with van der Waals surface area (Å²) in [7, 11) is 1.63. The number of nitrogens with zero attached hydrogens (tertiary/aromatic N) is 3. The van der Waals surface area contributed by atoms with E-state index in [0.29, 0.717) is 25.3 Å². The van der Waals surface area contributed by atoms with Crippen molar-refractivity contribution in [2.45, 2.75) is 78.0 Å². The molecule has 0 unspecified atom stereocenters. The molecular weight excluding hydrogens is 530 g/mol. The van der Waals surface area contributed by atoms with E-state index in [1.165, 1.54) is 19.4 Å². The normalized spacial score (nSPS) is 11.9. The van der Waals surface area contributed by atoms with Gasteiger partial charge in [0.2, 0.25) is 0 Å². The van der Waals surface area contributed by atoms with Crippen LogP contribution in [-0.2, 0) is 36.1 Å². The monoisotopic (exact) mass is 571 g/mol. The van der Waals surface area contributed by atoms with Gasteiger partial charge in [-0.15, -0.1) is 0 Å². The van der Waals surface area contributed by atoms with Crippen molar-refractivity contribution in [3.8, 4) is 11.5 Å². The van der Waals surface area contributed by atoms with E-state index >= 15 is 0 Å². The van der Waals surface area contributed by atoms with Crippen LogP contribution in [0.5, 0.6) is 11.5 Å². The Balaban J connectivity index is 1.50. The molecule has 222 valence electrons. The topological polar surface area (TPSA) is 95.6 Å². The highest BCUT2D eigenvalue weighted by atomic mass is 16.5. The first kappa shape index (κ1) is 30.6. The van der Waals surface area contributed by atoms with E-state index in [4.69, 9.17) is 14.6 Å². The van der Waals surface area contributed by atoms with E-state index in [1.54, 1.807) is 28.5 Å². The number of aromatic nitrogens is 3. The number of carboxylic acids is 1. The van der Waals surface area contributed by atoms with Crippen molar-refractivity contribution in [1.82, 2.24) is 14.3 Å². The molecule has 1 N–H and O–H groups in total. The quantitative estimate of drug-likeness (QED) is 0.229. The van der Waals surface area contributed by atoms with E-state index in [2.05, 4.69) is 45.0 Å². The van der Waals surface area contributed by atoms with E-state index < -0.39 is 11.6 Å². The Kier molecular flexibility index (Phi) is 9.24. The maximum atomic E-state index is 13.6. The molecule has 1 aromatic heterocycles. The van der Waals surface area contributed by atoms with E-state index in [0.717, 1.165) is 41.1 Å². The van der Waals surface area contributed by atoms with Gasteiger partial charge in [-0.25, -0.2) is 14.3 Å². The number of aliphatic carboxylic acids is 1. The van der Waals surface area contributed by atoms with Crippen molar-refractivity contribution in [3.63, 3.8) is 0 Å². The summed E-state index contributed by atoms with van der Waals surface area (Å²) in [5.74, 6) is 0.997. The van der Waals surface area contributed by atoms with E-state index in [9.17, 15) is 14.7 Å². The molecule has 0 aliphatic rings. The standard InChI is InChI=1S/C34H41N3O5/c1-33(2,3)27-16-10-26(11-17-27)23-37-32(40)36(22-25-14-18-28(41-6)19-15-25)30(35-37)9-7-8-24-12-20-29(21-13-24)42-34(4,5)31(38)39/h10-21H,7-9,22-23H2,1-6H3,(H,38,39). The second-order valence-corrected chi connectivity index (χ2v) is 12.2. The van der Waals surface area contributed by atoms with Crippen LogP contribution in [0.3, 0.4) is 0 Å². The van der Waals surface area contributed by atoms with Gasteiger partial charge in [0.05, 0.1) is 20.2 Å². The predicted octanol–water partition coefficient (Wildman–Crippen LogP) is 5.86. The third kappa shape index (κ3) is 7.69. The average Bonchev–Trinajstić information content (AvgIpc) is 3.23. The molecule has 3 aromatic carbocycles. The van der Waals surface area contributed by atoms with Crippen molar-refractivity contribution in [1.29, 1.82) is 0 Å². The average molecular weight is 572 g/mol. The predicted molar refractivity (Wildman–Crippen MR) is 164 cm³/mol. The molecule has 0 fully saturated rings. The zero-order valence-electron chi connectivity index (χ0n) is 25.4. The molecule has 0 radical (unpaired) electrons. The lowest BCUT2D eigenvalue weighted by molar-refractivity contribution is -0.152. The molecule has 4 aromatic rings. The van der Waals surface area contributed by atoms with Crippen LogP contribution in [0.4, 0.5) is 0 Å². The Bertz CT molecular complexity index is 1540. The number of hydrogen-bond acceptors (Lipinski definition) is 5. The lowest BCUT2D eigenvalue weighted by atomic mass is 9.87. The van der Waals surface area contributed by atoms with Crippen LogP contribution in [0, 0.1) is 0 Å². The maximum Gasteiger partial charge on any atom is 0.347 e. The zero-order chi connectivity index (χ0) is 30.5. The fourth-order valence-corrected chi connectivity index (χ4v) is 4.64. The lowest BCUT2D eigenvalue weighted by Crippen LogP contribution is -2.37. The molecule has 0 aliphatic heterocycles. The molecular formula is C34H41N3O5. The molecule has 8 heteroatoms. The second kappa shape index (κ2) is 12.7. The zero-order valence-corrected chi connectivity index (χ0v) is 25.4. The second-order valence-electron chi connectivity index (χ2n) is 12.2. The summed E-state index contributed by atoms with van der Waals surface area (Å²) in [5, 5.41) is 14.1. The molecule has 0 aliphatic carbocycles. The number of carbonyl (C=O) groups is 1. The maximum absolute atomic E-state index is 13.6. The van der Waals surface area contributed by atoms with Crippen molar-refractivity contribution < 1.29 is 19.4 Å². The number of methoxy groups -OCH3 is 1. The Hall–Kier alpha value is -4.33. The summed E-state index contributed by atoms with van der Waals surface area (Å²) in [5.41, 5.74) is 2.98. The number of ether oxygens (including phenoxy) is 2. The number of rotatable bonds is 12. The summed E-state index contributed by atoms with van der Waals surface area (Å²) in [6.07, 6.45) is 2.20. The fraction of sp³-hybridized carbons (Fsp3) is 0.382. The molecule has 0 saturated carbocycles. The minimum atomic E-state index is -1.30. The third-order valence-corrected chi connectivity index (χ3v) is 7.33. The molecule has 0 atom stereocenters. The Morgan fingerprint density at radius 2 is 1.33 bits per heavy atom. The van der Waals surface area contributed by atoms with Crippen LogP contribution in [0.2, 0.25) is 0 Å². The first-order valence-electron chi connectivity index (χ1n) is 14.3. The van der Waals surface area contributed by atoms with Crippen LogP contribution < -0.4 is 15.2 Å². The fourth-order valence-electron chi connectivity index (χ4n) is 4.64. The molecule has 0 spiro atoms. The van der Waals surface area contributed by atoms with Gasteiger partial charge in [-0.3, -0.25) is 4.57 Å². The van der Waals surface area contributed by atoms with Crippen molar-refractivity contribution in [2.24, 2.45) is 0 Å². The van der Waals surface area contributed by atoms with Gasteiger partial charge in [0, 0.05) is 6.42 Å². The van der Waals surface area contributed by atoms with Crippen LogP contribution in [0.15, 0.2) is 77.6 Å². The van der Waals surface area contributed by atoms with Gasteiger partial charge in [0.1, 0.15) is 17.3 Å². The van der Waals surface area contributed by atoms with Crippen molar-refractivity contribution >= 4 is 5.97 Å². The van der Waals surface area contributed by atoms with Crippen LogP contribution in [-0.4, -0.2) is 38.1 Å². The lowest BCUT2D eigenvalue weighted by Gasteiger charge is -2.21. The number of aryl methyl sites for hydroxylation is 2.